The van der Waals surface area contributed by atoms with Crippen LogP contribution < -0.4 is 10.6 Å². The van der Waals surface area contributed by atoms with Crippen molar-refractivity contribution in [1.82, 2.24) is 10.6 Å². The van der Waals surface area contributed by atoms with Gasteiger partial charge in [0.25, 0.3) is 5.91 Å². The fourth-order valence-corrected chi connectivity index (χ4v) is 1.46. The van der Waals surface area contributed by atoms with Gasteiger partial charge in [0.2, 0.25) is 5.91 Å². The van der Waals surface area contributed by atoms with Gasteiger partial charge in [-0.1, -0.05) is 6.92 Å². The molecule has 1 rings (SSSR count). The molecule has 1 aromatic rings. The Bertz CT molecular complexity index is 447. The van der Waals surface area contributed by atoms with Crippen molar-refractivity contribution in [1.29, 1.82) is 0 Å². The molecule has 98 valence electrons. The number of hydrogen-bond donors (Lipinski definition) is 2. The predicted octanol–water partition coefficient (Wildman–Crippen LogP) is 1.39. The summed E-state index contributed by atoms with van der Waals surface area (Å²) in [6, 6.07) is 3.91. The van der Waals surface area contributed by atoms with E-state index in [1.54, 1.807) is 6.92 Å². The van der Waals surface area contributed by atoms with Crippen LogP contribution in [0.3, 0.4) is 0 Å². The van der Waals surface area contributed by atoms with Crippen LogP contribution in [0.4, 0.5) is 4.39 Å². The normalized spacial score (nSPS) is 9.94. The Kier molecular flexibility index (Phi) is 5.30. The van der Waals surface area contributed by atoms with Crippen LogP contribution in [-0.2, 0) is 4.79 Å². The summed E-state index contributed by atoms with van der Waals surface area (Å²) in [5.41, 5.74) is 0.918. The molecular weight excluding hydrogens is 235 g/mol. The zero-order valence-electron chi connectivity index (χ0n) is 10.5. The van der Waals surface area contributed by atoms with Gasteiger partial charge in [-0.2, -0.15) is 0 Å². The molecule has 2 amide bonds. The number of carbonyl (C=O) groups excluding carboxylic acids is 2. The van der Waals surface area contributed by atoms with Crippen molar-refractivity contribution in [3.05, 3.63) is 35.1 Å². The number of benzene rings is 1. The molecule has 18 heavy (non-hydrogen) atoms. The molecule has 0 aliphatic heterocycles. The van der Waals surface area contributed by atoms with E-state index >= 15 is 0 Å². The quantitative estimate of drug-likeness (QED) is 0.832. The molecule has 0 saturated carbocycles. The van der Waals surface area contributed by atoms with Crippen molar-refractivity contribution in [2.45, 2.75) is 20.3 Å². The van der Waals surface area contributed by atoms with Gasteiger partial charge in [0.15, 0.2) is 0 Å². The summed E-state index contributed by atoms with van der Waals surface area (Å²) >= 11 is 0. The van der Waals surface area contributed by atoms with Crippen molar-refractivity contribution in [2.75, 3.05) is 13.1 Å². The second-order valence-corrected chi connectivity index (χ2v) is 3.99. The smallest absolute Gasteiger partial charge is 0.251 e. The van der Waals surface area contributed by atoms with Gasteiger partial charge in [-0.15, -0.1) is 0 Å². The summed E-state index contributed by atoms with van der Waals surface area (Å²) in [5.74, 6) is -0.992. The van der Waals surface area contributed by atoms with E-state index in [9.17, 15) is 14.0 Å². The molecule has 0 radical (unpaired) electrons. The highest BCUT2D eigenvalue weighted by molar-refractivity contribution is 5.97. The summed E-state index contributed by atoms with van der Waals surface area (Å²) < 4.78 is 12.9. The number of nitrogens with one attached hydrogen (secondary N) is 2. The monoisotopic (exact) mass is 252 g/mol. The van der Waals surface area contributed by atoms with Crippen LogP contribution in [0.5, 0.6) is 0 Å². The SMILES string of the molecule is CCCNC(=O)CNC(=O)c1ccc(F)cc1C. The van der Waals surface area contributed by atoms with E-state index in [2.05, 4.69) is 10.6 Å². The molecule has 0 saturated heterocycles. The molecule has 0 spiro atoms. The fraction of sp³-hybridized carbons (Fsp3) is 0.385. The maximum Gasteiger partial charge on any atom is 0.251 e. The first-order chi connectivity index (χ1) is 8.54. The number of hydrogen-bond acceptors (Lipinski definition) is 2. The zero-order valence-corrected chi connectivity index (χ0v) is 10.5. The van der Waals surface area contributed by atoms with Gasteiger partial charge in [-0.05, 0) is 37.1 Å². The van der Waals surface area contributed by atoms with Crippen molar-refractivity contribution in [2.24, 2.45) is 0 Å². The molecule has 0 aliphatic carbocycles. The fourth-order valence-electron chi connectivity index (χ4n) is 1.46. The first-order valence-corrected chi connectivity index (χ1v) is 5.85. The van der Waals surface area contributed by atoms with Gasteiger partial charge in [0.05, 0.1) is 6.54 Å². The summed E-state index contributed by atoms with van der Waals surface area (Å²) in [4.78, 5) is 23.0. The summed E-state index contributed by atoms with van der Waals surface area (Å²) in [5, 5.41) is 5.14. The third kappa shape index (κ3) is 4.16. The Balaban J connectivity index is 2.53. The van der Waals surface area contributed by atoms with Gasteiger partial charge >= 0.3 is 0 Å². The van der Waals surface area contributed by atoms with Crippen LogP contribution in [0, 0.1) is 12.7 Å². The highest BCUT2D eigenvalue weighted by atomic mass is 19.1. The lowest BCUT2D eigenvalue weighted by molar-refractivity contribution is -0.120. The van der Waals surface area contributed by atoms with Crippen molar-refractivity contribution >= 4 is 11.8 Å². The zero-order chi connectivity index (χ0) is 13.5. The molecule has 0 atom stereocenters. The molecule has 0 unspecified atom stereocenters. The Morgan fingerprint density at radius 2 is 2.00 bits per heavy atom. The minimum Gasteiger partial charge on any atom is -0.355 e. The van der Waals surface area contributed by atoms with Crippen LogP contribution in [0.2, 0.25) is 0 Å². The van der Waals surface area contributed by atoms with Crippen LogP contribution in [0.1, 0.15) is 29.3 Å². The highest BCUT2D eigenvalue weighted by Gasteiger charge is 2.10. The van der Waals surface area contributed by atoms with Crippen LogP contribution in [-0.4, -0.2) is 24.9 Å². The number of carbonyl (C=O) groups is 2. The van der Waals surface area contributed by atoms with E-state index < -0.39 is 0 Å². The third-order valence-electron chi connectivity index (χ3n) is 2.41. The molecule has 0 bridgehead atoms. The van der Waals surface area contributed by atoms with Gasteiger partial charge in [-0.3, -0.25) is 9.59 Å². The predicted molar refractivity (Wildman–Crippen MR) is 66.8 cm³/mol. The molecule has 4 nitrogen and oxygen atoms in total. The Hall–Kier alpha value is -1.91. The van der Waals surface area contributed by atoms with Crippen LogP contribution in [0.25, 0.3) is 0 Å². The first-order valence-electron chi connectivity index (χ1n) is 5.85. The first kappa shape index (κ1) is 14.2. The molecule has 0 aliphatic rings. The van der Waals surface area contributed by atoms with Crippen molar-refractivity contribution in [3.63, 3.8) is 0 Å². The van der Waals surface area contributed by atoms with E-state index in [0.29, 0.717) is 17.7 Å². The lowest BCUT2D eigenvalue weighted by Crippen LogP contribution is -2.37. The lowest BCUT2D eigenvalue weighted by Gasteiger charge is -2.08. The Morgan fingerprint density at radius 1 is 1.28 bits per heavy atom. The topological polar surface area (TPSA) is 58.2 Å². The molecule has 1 aromatic carbocycles. The largest absolute Gasteiger partial charge is 0.355 e. The minimum atomic E-state index is -0.385. The van der Waals surface area contributed by atoms with Gasteiger partial charge in [0, 0.05) is 12.1 Å². The molecule has 2 N–H and O–H groups in total. The number of aryl methyl sites for hydroxylation is 1. The van der Waals surface area contributed by atoms with Crippen LogP contribution in [0.15, 0.2) is 18.2 Å². The minimum absolute atomic E-state index is 0.0738. The number of rotatable bonds is 5. The Morgan fingerprint density at radius 3 is 2.61 bits per heavy atom. The van der Waals surface area contributed by atoms with Crippen molar-refractivity contribution in [3.8, 4) is 0 Å². The standard InChI is InChI=1S/C13H17FN2O2/c1-3-6-15-12(17)8-16-13(18)11-5-4-10(14)7-9(11)2/h4-5,7H,3,6,8H2,1-2H3,(H,15,17)(H,16,18). The molecule has 0 aromatic heterocycles. The lowest BCUT2D eigenvalue weighted by atomic mass is 10.1. The number of amides is 2. The average Bonchev–Trinajstić information content (AvgIpc) is 2.33. The molecular formula is C13H17FN2O2. The molecule has 0 heterocycles. The van der Waals surface area contributed by atoms with Crippen LogP contribution >= 0.6 is 0 Å². The van der Waals surface area contributed by atoms with E-state index in [0.717, 1.165) is 6.42 Å². The van der Waals surface area contributed by atoms with Crippen molar-refractivity contribution < 1.29 is 14.0 Å². The summed E-state index contributed by atoms with van der Waals surface area (Å²) in [6.07, 6.45) is 0.844. The second-order valence-electron chi connectivity index (χ2n) is 3.99. The second kappa shape index (κ2) is 6.74. The van der Waals surface area contributed by atoms with E-state index in [1.165, 1.54) is 18.2 Å². The summed E-state index contributed by atoms with van der Waals surface area (Å²) in [6.45, 7) is 4.11. The third-order valence-corrected chi connectivity index (χ3v) is 2.41. The summed E-state index contributed by atoms with van der Waals surface area (Å²) in [7, 11) is 0. The van der Waals surface area contributed by atoms with Gasteiger partial charge in [0.1, 0.15) is 5.82 Å². The maximum absolute atomic E-state index is 12.9. The van der Waals surface area contributed by atoms with E-state index in [4.69, 9.17) is 0 Å². The highest BCUT2D eigenvalue weighted by Crippen LogP contribution is 2.09. The number of halogens is 1. The van der Waals surface area contributed by atoms with Gasteiger partial charge in [-0.25, -0.2) is 4.39 Å². The molecule has 0 fully saturated rings. The Labute approximate surface area is 106 Å². The maximum atomic E-state index is 12.9. The molecule has 5 heteroatoms. The average molecular weight is 252 g/mol. The van der Waals surface area contributed by atoms with E-state index in [-0.39, 0.29) is 24.2 Å². The van der Waals surface area contributed by atoms with Gasteiger partial charge < -0.3 is 10.6 Å². The van der Waals surface area contributed by atoms with E-state index in [1.807, 2.05) is 6.92 Å².